The van der Waals surface area contributed by atoms with Gasteiger partial charge in [-0.15, -0.1) is 0 Å². The zero-order chi connectivity index (χ0) is 11.5. The number of nitrogens with one attached hydrogen (secondary N) is 1. The number of hydrogen-bond donors (Lipinski definition) is 1. The first kappa shape index (κ1) is 11.5. The van der Waals surface area contributed by atoms with Gasteiger partial charge in [0.25, 0.3) is 0 Å². The Morgan fingerprint density at radius 1 is 1.50 bits per heavy atom. The van der Waals surface area contributed by atoms with E-state index >= 15 is 0 Å². The van der Waals surface area contributed by atoms with Gasteiger partial charge >= 0.3 is 0 Å². The van der Waals surface area contributed by atoms with E-state index in [1.165, 1.54) is 6.42 Å². The zero-order valence-corrected chi connectivity index (χ0v) is 10.5. The highest BCUT2D eigenvalue weighted by Gasteiger charge is 2.21. The molecule has 2 rings (SSSR count). The van der Waals surface area contributed by atoms with Gasteiger partial charge in [0.1, 0.15) is 0 Å². The maximum Gasteiger partial charge on any atom is 0.150 e. The SMILES string of the molecule is CC(C)C1CN(c2ccn(C)n2)CCCN1. The molecule has 1 aliphatic heterocycles. The predicted molar refractivity (Wildman–Crippen MR) is 66.7 cm³/mol. The second-order valence-corrected chi connectivity index (χ2v) is 4.95. The number of nitrogens with zero attached hydrogens (tertiary/aromatic N) is 3. The molecule has 90 valence electrons. The number of aromatic nitrogens is 2. The van der Waals surface area contributed by atoms with E-state index in [2.05, 4.69) is 35.2 Å². The Kier molecular flexibility index (Phi) is 3.49. The van der Waals surface area contributed by atoms with Crippen molar-refractivity contribution in [2.75, 3.05) is 24.5 Å². The number of anilines is 1. The lowest BCUT2D eigenvalue weighted by atomic mass is 10.0. The van der Waals surface area contributed by atoms with Crippen LogP contribution < -0.4 is 10.2 Å². The van der Waals surface area contributed by atoms with Gasteiger partial charge in [0.05, 0.1) is 0 Å². The molecular weight excluding hydrogens is 200 g/mol. The summed E-state index contributed by atoms with van der Waals surface area (Å²) in [6.07, 6.45) is 3.21. The third-order valence-electron chi connectivity index (χ3n) is 3.26. The van der Waals surface area contributed by atoms with Crippen LogP contribution in [0, 0.1) is 5.92 Å². The van der Waals surface area contributed by atoms with Crippen LogP contribution in [0.25, 0.3) is 0 Å². The summed E-state index contributed by atoms with van der Waals surface area (Å²) in [7, 11) is 1.97. The van der Waals surface area contributed by atoms with E-state index in [0.29, 0.717) is 12.0 Å². The third-order valence-corrected chi connectivity index (χ3v) is 3.26. The van der Waals surface area contributed by atoms with Crippen LogP contribution >= 0.6 is 0 Å². The van der Waals surface area contributed by atoms with Gasteiger partial charge < -0.3 is 10.2 Å². The average Bonchev–Trinajstić information content (AvgIpc) is 2.54. The van der Waals surface area contributed by atoms with E-state index in [1.807, 2.05) is 17.9 Å². The molecule has 1 aliphatic rings. The van der Waals surface area contributed by atoms with E-state index in [4.69, 9.17) is 0 Å². The molecule has 1 unspecified atom stereocenters. The standard InChI is InChI=1S/C12H22N4/c1-10(2)11-9-16(7-4-6-13-11)12-5-8-15(3)14-12/h5,8,10-11,13H,4,6-7,9H2,1-3H3. The van der Waals surface area contributed by atoms with Crippen LogP contribution in [0.1, 0.15) is 20.3 Å². The summed E-state index contributed by atoms with van der Waals surface area (Å²) < 4.78 is 1.87. The lowest BCUT2D eigenvalue weighted by molar-refractivity contribution is 0.419. The Hall–Kier alpha value is -1.03. The second-order valence-electron chi connectivity index (χ2n) is 4.95. The Bertz CT molecular complexity index is 332. The van der Waals surface area contributed by atoms with Crippen LogP contribution in [-0.4, -0.2) is 35.5 Å². The number of hydrogen-bond acceptors (Lipinski definition) is 3. The molecule has 0 amide bonds. The smallest absolute Gasteiger partial charge is 0.150 e. The molecule has 4 nitrogen and oxygen atoms in total. The van der Waals surface area contributed by atoms with Crippen molar-refractivity contribution in [3.05, 3.63) is 12.3 Å². The highest BCUT2D eigenvalue weighted by atomic mass is 15.3. The molecule has 1 N–H and O–H groups in total. The van der Waals surface area contributed by atoms with Gasteiger partial charge in [-0.3, -0.25) is 4.68 Å². The first-order valence-electron chi connectivity index (χ1n) is 6.15. The highest BCUT2D eigenvalue weighted by Crippen LogP contribution is 2.15. The molecule has 0 bridgehead atoms. The van der Waals surface area contributed by atoms with Gasteiger partial charge in [-0.2, -0.15) is 5.10 Å². The normalized spacial score (nSPS) is 22.5. The van der Waals surface area contributed by atoms with Crippen LogP contribution in [0.5, 0.6) is 0 Å². The summed E-state index contributed by atoms with van der Waals surface area (Å²) in [6.45, 7) is 7.84. The molecule has 0 spiro atoms. The lowest BCUT2D eigenvalue weighted by Gasteiger charge is -2.26. The minimum atomic E-state index is 0.574. The lowest BCUT2D eigenvalue weighted by Crippen LogP contribution is -2.41. The molecule has 2 heterocycles. The van der Waals surface area contributed by atoms with E-state index in [9.17, 15) is 0 Å². The fourth-order valence-electron chi connectivity index (χ4n) is 2.18. The third kappa shape index (κ3) is 2.55. The molecule has 1 saturated heterocycles. The van der Waals surface area contributed by atoms with Gasteiger partial charge in [-0.1, -0.05) is 13.8 Å². The average molecular weight is 222 g/mol. The Morgan fingerprint density at radius 3 is 2.94 bits per heavy atom. The minimum Gasteiger partial charge on any atom is -0.354 e. The van der Waals surface area contributed by atoms with Crippen LogP contribution in [0.3, 0.4) is 0 Å². The molecule has 1 aromatic heterocycles. The van der Waals surface area contributed by atoms with Crippen LogP contribution in [-0.2, 0) is 7.05 Å². The maximum absolute atomic E-state index is 4.48. The van der Waals surface area contributed by atoms with Crippen molar-refractivity contribution >= 4 is 5.82 Å². The van der Waals surface area contributed by atoms with E-state index < -0.39 is 0 Å². The minimum absolute atomic E-state index is 0.574. The van der Waals surface area contributed by atoms with Crippen molar-refractivity contribution in [1.29, 1.82) is 0 Å². The molecule has 0 aliphatic carbocycles. The van der Waals surface area contributed by atoms with Crippen molar-refractivity contribution in [2.45, 2.75) is 26.3 Å². The summed E-state index contributed by atoms with van der Waals surface area (Å²) in [4.78, 5) is 2.39. The molecule has 1 fully saturated rings. The predicted octanol–water partition coefficient (Wildman–Crippen LogP) is 1.24. The molecule has 0 saturated carbocycles. The summed E-state index contributed by atoms with van der Waals surface area (Å²) in [5.74, 6) is 1.78. The van der Waals surface area contributed by atoms with Gasteiger partial charge in [-0.05, 0) is 18.9 Å². The summed E-state index contributed by atoms with van der Waals surface area (Å²) >= 11 is 0. The van der Waals surface area contributed by atoms with E-state index in [-0.39, 0.29) is 0 Å². The first-order chi connectivity index (χ1) is 7.66. The molecule has 1 aromatic rings. The molecule has 16 heavy (non-hydrogen) atoms. The fourth-order valence-corrected chi connectivity index (χ4v) is 2.18. The Morgan fingerprint density at radius 2 is 2.31 bits per heavy atom. The summed E-state index contributed by atoms with van der Waals surface area (Å²) in [5.41, 5.74) is 0. The Labute approximate surface area is 97.6 Å². The van der Waals surface area contributed by atoms with Crippen molar-refractivity contribution in [2.24, 2.45) is 13.0 Å². The quantitative estimate of drug-likeness (QED) is 0.817. The first-order valence-corrected chi connectivity index (χ1v) is 6.15. The molecule has 0 radical (unpaired) electrons. The second kappa shape index (κ2) is 4.87. The number of aryl methyl sites for hydroxylation is 1. The van der Waals surface area contributed by atoms with Crippen molar-refractivity contribution in [3.63, 3.8) is 0 Å². The monoisotopic (exact) mass is 222 g/mol. The summed E-state index contributed by atoms with van der Waals surface area (Å²) in [6, 6.07) is 2.67. The maximum atomic E-state index is 4.48. The molecular formula is C12H22N4. The number of rotatable bonds is 2. The van der Waals surface area contributed by atoms with E-state index in [0.717, 1.165) is 25.5 Å². The fraction of sp³-hybridized carbons (Fsp3) is 0.750. The zero-order valence-electron chi connectivity index (χ0n) is 10.5. The summed E-state index contributed by atoms with van der Waals surface area (Å²) in [5, 5.41) is 8.10. The van der Waals surface area contributed by atoms with Gasteiger partial charge in [0, 0.05) is 38.4 Å². The molecule has 4 heteroatoms. The van der Waals surface area contributed by atoms with Crippen molar-refractivity contribution < 1.29 is 0 Å². The van der Waals surface area contributed by atoms with Crippen LogP contribution in [0.2, 0.25) is 0 Å². The van der Waals surface area contributed by atoms with E-state index in [1.54, 1.807) is 0 Å². The Balaban J connectivity index is 2.08. The topological polar surface area (TPSA) is 33.1 Å². The van der Waals surface area contributed by atoms with Crippen molar-refractivity contribution in [3.8, 4) is 0 Å². The molecule has 1 atom stereocenters. The van der Waals surface area contributed by atoms with Gasteiger partial charge in [0.15, 0.2) is 5.82 Å². The van der Waals surface area contributed by atoms with Gasteiger partial charge in [0.2, 0.25) is 0 Å². The highest BCUT2D eigenvalue weighted by molar-refractivity contribution is 5.37. The van der Waals surface area contributed by atoms with Crippen molar-refractivity contribution in [1.82, 2.24) is 15.1 Å². The largest absolute Gasteiger partial charge is 0.354 e. The van der Waals surface area contributed by atoms with Crippen LogP contribution in [0.15, 0.2) is 12.3 Å². The molecule has 0 aromatic carbocycles. The van der Waals surface area contributed by atoms with Gasteiger partial charge in [-0.25, -0.2) is 0 Å². The van der Waals surface area contributed by atoms with Crippen LogP contribution in [0.4, 0.5) is 5.82 Å².